The van der Waals surface area contributed by atoms with E-state index in [9.17, 15) is 43.2 Å². The van der Waals surface area contributed by atoms with E-state index in [1.54, 1.807) is 0 Å². The van der Waals surface area contributed by atoms with E-state index in [-0.39, 0.29) is 25.7 Å². The van der Waals surface area contributed by atoms with Crippen molar-refractivity contribution in [2.45, 2.75) is 432 Å². The van der Waals surface area contributed by atoms with E-state index in [1.165, 1.54) is 231 Å². The molecule has 0 heterocycles. The molecule has 0 rings (SSSR count). The summed E-state index contributed by atoms with van der Waals surface area (Å²) < 4.78 is 68.6. The second-order valence-electron chi connectivity index (χ2n) is 29.4. The summed E-state index contributed by atoms with van der Waals surface area (Å²) in [5, 5.41) is 10.6. The number of ether oxygens (including phenoxy) is 4. The zero-order valence-electron chi connectivity index (χ0n) is 64.1. The van der Waals surface area contributed by atoms with Crippen molar-refractivity contribution < 1.29 is 80.2 Å². The summed E-state index contributed by atoms with van der Waals surface area (Å²) in [7, 11) is -9.91. The lowest BCUT2D eigenvalue weighted by atomic mass is 10.0. The molecule has 0 aliphatic rings. The van der Waals surface area contributed by atoms with Crippen LogP contribution in [0.3, 0.4) is 0 Å². The zero-order chi connectivity index (χ0) is 72.1. The quantitative estimate of drug-likeness (QED) is 0.0222. The Bertz CT molecular complexity index is 1890. The van der Waals surface area contributed by atoms with E-state index in [1.807, 2.05) is 0 Å². The summed E-state index contributed by atoms with van der Waals surface area (Å²) in [6.45, 7) is 9.60. The van der Waals surface area contributed by atoms with Crippen LogP contribution in [0.2, 0.25) is 0 Å². The fourth-order valence-electron chi connectivity index (χ4n) is 12.2. The smallest absolute Gasteiger partial charge is 0.462 e. The van der Waals surface area contributed by atoms with E-state index >= 15 is 0 Å². The zero-order valence-corrected chi connectivity index (χ0v) is 65.9. The third kappa shape index (κ3) is 72.4. The molecule has 98 heavy (non-hydrogen) atoms. The van der Waals surface area contributed by atoms with Crippen LogP contribution in [0.1, 0.15) is 414 Å². The lowest BCUT2D eigenvalue weighted by molar-refractivity contribution is -0.161. The molecular weight excluding hydrogens is 1280 g/mol. The van der Waals surface area contributed by atoms with Gasteiger partial charge in [0.15, 0.2) is 12.2 Å². The molecule has 2 unspecified atom stereocenters. The van der Waals surface area contributed by atoms with Crippen LogP contribution in [-0.2, 0) is 65.4 Å². The van der Waals surface area contributed by atoms with E-state index in [2.05, 4.69) is 41.5 Å². The Morgan fingerprint density at radius 1 is 0.276 bits per heavy atom. The summed E-state index contributed by atoms with van der Waals surface area (Å²) in [6, 6.07) is 0. The van der Waals surface area contributed by atoms with Gasteiger partial charge in [0.05, 0.1) is 26.4 Å². The fourth-order valence-corrected chi connectivity index (χ4v) is 13.8. The molecule has 0 fully saturated rings. The number of esters is 4. The molecule has 0 amide bonds. The molecule has 0 aromatic heterocycles. The summed E-state index contributed by atoms with van der Waals surface area (Å²) >= 11 is 0. The van der Waals surface area contributed by atoms with E-state index in [4.69, 9.17) is 37.0 Å². The van der Waals surface area contributed by atoms with Crippen LogP contribution in [0.25, 0.3) is 0 Å². The van der Waals surface area contributed by atoms with Gasteiger partial charge in [-0.05, 0) is 37.5 Å². The number of rotatable bonds is 78. The molecule has 0 aliphatic carbocycles. The summed E-state index contributed by atoms with van der Waals surface area (Å²) in [6.07, 6.45) is 59.8. The number of hydrogen-bond acceptors (Lipinski definition) is 15. The van der Waals surface area contributed by atoms with Crippen LogP contribution in [-0.4, -0.2) is 96.7 Å². The largest absolute Gasteiger partial charge is 0.472 e. The van der Waals surface area contributed by atoms with Gasteiger partial charge in [0, 0.05) is 25.7 Å². The van der Waals surface area contributed by atoms with Crippen LogP contribution in [0, 0.1) is 11.8 Å². The maximum atomic E-state index is 13.1. The number of unbranched alkanes of at least 4 members (excludes halogenated alkanes) is 48. The summed E-state index contributed by atoms with van der Waals surface area (Å²) in [5.41, 5.74) is 0. The first kappa shape index (κ1) is 96.1. The van der Waals surface area contributed by atoms with Gasteiger partial charge in [0.25, 0.3) is 0 Å². The van der Waals surface area contributed by atoms with Crippen molar-refractivity contribution >= 4 is 39.5 Å². The monoisotopic (exact) mass is 1440 g/mol. The van der Waals surface area contributed by atoms with E-state index in [0.29, 0.717) is 25.7 Å². The molecule has 5 atom stereocenters. The Kier molecular flexibility index (Phi) is 69.3. The summed E-state index contributed by atoms with van der Waals surface area (Å²) in [5.74, 6) is -0.589. The first-order chi connectivity index (χ1) is 47.4. The van der Waals surface area contributed by atoms with Gasteiger partial charge in [-0.3, -0.25) is 37.3 Å². The molecule has 0 saturated carbocycles. The van der Waals surface area contributed by atoms with Gasteiger partial charge >= 0.3 is 39.5 Å². The predicted molar refractivity (Wildman–Crippen MR) is 400 cm³/mol. The average Bonchev–Trinajstić information content (AvgIpc) is 1.19. The molecule has 0 aromatic rings. The standard InChI is InChI=1S/C79H154O17P2/c1-7-9-11-13-15-17-19-20-21-22-23-24-27-31-34-38-45-51-57-63-78(83)95-74(67-90-77(82)62-56-50-44-37-33-30-28-25-26-29-32-35-41-47-53-59-71(3)4)69-93-97(85,86)91-65-73(80)66-92-98(87,88)94-70-75(68-89-76(81)61-55-49-43-36-18-16-14-12-10-8-2)96-79(84)64-58-52-46-40-39-42-48-54-60-72(5)6/h71-75,80H,7-70H2,1-6H3,(H,85,86)(H,87,88)/t73-,74-,75-/m1/s1. The Labute approximate surface area is 600 Å². The lowest BCUT2D eigenvalue weighted by Crippen LogP contribution is -2.30. The van der Waals surface area contributed by atoms with E-state index in [0.717, 1.165) is 102 Å². The molecule has 0 aromatic carbocycles. The molecule has 0 bridgehead atoms. The van der Waals surface area contributed by atoms with Crippen molar-refractivity contribution in [2.75, 3.05) is 39.6 Å². The minimum absolute atomic E-state index is 0.105. The van der Waals surface area contributed by atoms with Gasteiger partial charge < -0.3 is 33.8 Å². The minimum atomic E-state index is -4.96. The third-order valence-electron chi connectivity index (χ3n) is 18.5. The highest BCUT2D eigenvalue weighted by Crippen LogP contribution is 2.45. The Balaban J connectivity index is 5.21. The van der Waals surface area contributed by atoms with Crippen molar-refractivity contribution in [3.63, 3.8) is 0 Å². The van der Waals surface area contributed by atoms with Gasteiger partial charge in [-0.1, -0.05) is 363 Å². The highest BCUT2D eigenvalue weighted by Gasteiger charge is 2.30. The topological polar surface area (TPSA) is 237 Å². The maximum Gasteiger partial charge on any atom is 0.472 e. The van der Waals surface area contributed by atoms with Crippen LogP contribution in [0.15, 0.2) is 0 Å². The number of carbonyl (C=O) groups excluding carboxylic acids is 4. The molecule has 0 aliphatic heterocycles. The normalized spacial score (nSPS) is 13.9. The molecule has 17 nitrogen and oxygen atoms in total. The van der Waals surface area contributed by atoms with Gasteiger partial charge in [-0.2, -0.15) is 0 Å². The van der Waals surface area contributed by atoms with Gasteiger partial charge in [-0.15, -0.1) is 0 Å². The number of hydrogen-bond donors (Lipinski definition) is 3. The van der Waals surface area contributed by atoms with Crippen LogP contribution < -0.4 is 0 Å². The van der Waals surface area contributed by atoms with Crippen molar-refractivity contribution in [1.82, 2.24) is 0 Å². The molecule has 582 valence electrons. The molecule has 0 saturated heterocycles. The van der Waals surface area contributed by atoms with Crippen molar-refractivity contribution in [2.24, 2.45) is 11.8 Å². The highest BCUT2D eigenvalue weighted by atomic mass is 31.2. The number of carbonyl (C=O) groups is 4. The van der Waals surface area contributed by atoms with Crippen molar-refractivity contribution in [3.05, 3.63) is 0 Å². The van der Waals surface area contributed by atoms with Crippen molar-refractivity contribution in [3.8, 4) is 0 Å². The number of aliphatic hydroxyl groups excluding tert-OH is 1. The molecule has 0 radical (unpaired) electrons. The lowest BCUT2D eigenvalue weighted by Gasteiger charge is -2.21. The SMILES string of the molecule is CCCCCCCCCCCCCCCCCCCCCC(=O)O[C@H](COC(=O)CCCCCCCCCCCCCCCCCC(C)C)COP(=O)(O)OC[C@@H](O)COP(=O)(O)OC[C@@H](COC(=O)CCCCCCCCCCCC)OC(=O)CCCCCCCCCCC(C)C. The highest BCUT2D eigenvalue weighted by molar-refractivity contribution is 7.47. The number of aliphatic hydroxyl groups is 1. The van der Waals surface area contributed by atoms with Gasteiger partial charge in [0.1, 0.15) is 19.3 Å². The molecule has 19 heteroatoms. The minimum Gasteiger partial charge on any atom is -0.462 e. The second-order valence-corrected chi connectivity index (χ2v) is 32.3. The molecule has 3 N–H and O–H groups in total. The van der Waals surface area contributed by atoms with Gasteiger partial charge in [0.2, 0.25) is 0 Å². The first-order valence-corrected chi connectivity index (χ1v) is 44.0. The third-order valence-corrected chi connectivity index (χ3v) is 20.4. The average molecular weight is 1440 g/mol. The van der Waals surface area contributed by atoms with Crippen LogP contribution in [0.4, 0.5) is 0 Å². The second kappa shape index (κ2) is 70.7. The number of phosphoric ester groups is 2. The van der Waals surface area contributed by atoms with Gasteiger partial charge in [-0.25, -0.2) is 9.13 Å². The molecule has 0 spiro atoms. The first-order valence-electron chi connectivity index (χ1n) is 41.0. The molecular formula is C79H154O17P2. The predicted octanol–water partition coefficient (Wildman–Crippen LogP) is 23.5. The Hall–Kier alpha value is -1.94. The maximum absolute atomic E-state index is 13.1. The van der Waals surface area contributed by atoms with Crippen LogP contribution in [0.5, 0.6) is 0 Å². The number of phosphoric acid groups is 2. The van der Waals surface area contributed by atoms with Crippen molar-refractivity contribution in [1.29, 1.82) is 0 Å². The summed E-state index contributed by atoms with van der Waals surface area (Å²) in [4.78, 5) is 72.9. The van der Waals surface area contributed by atoms with Crippen LogP contribution >= 0.6 is 15.6 Å². The fraction of sp³-hybridized carbons (Fsp3) is 0.949. The Morgan fingerprint density at radius 3 is 0.694 bits per heavy atom. The Morgan fingerprint density at radius 2 is 0.469 bits per heavy atom. The van der Waals surface area contributed by atoms with E-state index < -0.39 is 97.5 Å².